The molecule has 18 aromatic rings. The lowest BCUT2D eigenvalue weighted by atomic mass is 10.0. The summed E-state index contributed by atoms with van der Waals surface area (Å²) in [5, 5.41) is 10.1. The van der Waals surface area contributed by atoms with Crippen molar-refractivity contribution in [2.24, 2.45) is 0 Å². The molecule has 18 rings (SSSR count). The predicted octanol–water partition coefficient (Wildman–Crippen LogP) is 22.9. The topological polar surface area (TPSA) is 36.8 Å². The summed E-state index contributed by atoms with van der Waals surface area (Å²) in [6.45, 7) is 3.90. The van der Waals surface area contributed by atoms with Crippen molar-refractivity contribution in [3.63, 3.8) is 0 Å². The maximum Gasteiger partial charge on any atom is 0.150 e. The first-order valence-corrected chi connectivity index (χ1v) is 31.3. The molecule has 4 aromatic heterocycles. The number of aldehydes is 1. The van der Waals surface area contributed by atoms with Crippen LogP contribution < -0.4 is 0 Å². The first-order valence-electron chi connectivity index (χ1n) is 31.3. The van der Waals surface area contributed by atoms with Gasteiger partial charge in [0.05, 0.1) is 44.1 Å². The fraction of sp³-hybridized carbons (Fsp3) is 0. The van der Waals surface area contributed by atoms with Crippen molar-refractivity contribution in [3.05, 3.63) is 345 Å². The summed E-state index contributed by atoms with van der Waals surface area (Å²) in [6, 6.07) is 117. The second-order valence-corrected chi connectivity index (χ2v) is 23.7. The standard InChI is InChI=1S/C44H30N2.C43H28N2O/c1-2-30-15-17-33(18-16-30)34-23-28-40-39-11-5-8-14-43(39)46(44(40)29-34)36-26-21-32(22-27-36)31-19-24-35(25-20-31)45-41-12-6-3-9-37(41)38-10-4-7-13-42(38)45;46-28-29-13-15-32(16-14-29)33-21-26-39-38-9-3-6-12-42(38)45(43(39)27-33)35-24-19-31(20-25-35)30-17-22-34(23-18-30)44-40-10-4-1-7-36(40)37-8-2-5-11-41(37)44/h2-29H,1H2;1-28H. The molecule has 0 bridgehead atoms. The minimum Gasteiger partial charge on any atom is -0.309 e. The fourth-order valence-electron chi connectivity index (χ4n) is 14.0. The van der Waals surface area contributed by atoms with Crippen molar-refractivity contribution in [3.8, 4) is 67.3 Å². The van der Waals surface area contributed by atoms with Crippen LogP contribution in [-0.2, 0) is 0 Å². The molecule has 92 heavy (non-hydrogen) atoms. The second-order valence-electron chi connectivity index (χ2n) is 23.7. The third-order valence-corrected chi connectivity index (χ3v) is 18.5. The monoisotopic (exact) mass is 1170 g/mol. The van der Waals surface area contributed by atoms with Crippen LogP contribution in [0.1, 0.15) is 15.9 Å². The van der Waals surface area contributed by atoms with Gasteiger partial charge in [0.15, 0.2) is 0 Å². The number of carbonyl (C=O) groups excluding carboxylic acids is 1. The number of aromatic nitrogens is 4. The smallest absolute Gasteiger partial charge is 0.150 e. The van der Waals surface area contributed by atoms with E-state index < -0.39 is 0 Å². The van der Waals surface area contributed by atoms with Crippen molar-refractivity contribution in [1.82, 2.24) is 18.3 Å². The van der Waals surface area contributed by atoms with Gasteiger partial charge in [-0.15, -0.1) is 0 Å². The minimum atomic E-state index is 0.681. The molecular formula is C87H58N4O. The number of hydrogen-bond acceptors (Lipinski definition) is 1. The second kappa shape index (κ2) is 22.4. The highest BCUT2D eigenvalue weighted by atomic mass is 16.1. The molecule has 432 valence electrons. The van der Waals surface area contributed by atoms with Crippen molar-refractivity contribution < 1.29 is 4.79 Å². The highest BCUT2D eigenvalue weighted by Gasteiger charge is 2.18. The molecule has 0 amide bonds. The van der Waals surface area contributed by atoms with Gasteiger partial charge in [0.25, 0.3) is 0 Å². The Balaban J connectivity index is 0.000000141. The number of rotatable bonds is 10. The largest absolute Gasteiger partial charge is 0.309 e. The molecule has 0 unspecified atom stereocenters. The Hall–Kier alpha value is -12.3. The zero-order valence-electron chi connectivity index (χ0n) is 50.2. The van der Waals surface area contributed by atoms with Crippen LogP contribution in [-0.4, -0.2) is 24.6 Å². The summed E-state index contributed by atoms with van der Waals surface area (Å²) in [7, 11) is 0. The SMILES string of the molecule is C=Cc1ccc(-c2ccc3c4ccccc4n(-c4ccc(-c5ccc(-n6c7ccccc7c7ccccc76)cc5)cc4)c3c2)cc1.O=Cc1ccc(-c2ccc3c4ccccc4n(-c4ccc(-c5ccc(-n6c7ccccc7c7ccccc76)cc5)cc4)c3c2)cc1. The molecule has 0 N–H and O–H groups in total. The van der Waals surface area contributed by atoms with E-state index in [4.69, 9.17) is 0 Å². The van der Waals surface area contributed by atoms with Gasteiger partial charge in [-0.3, -0.25) is 4.79 Å². The molecule has 0 aliphatic rings. The average molecular weight is 1180 g/mol. The molecule has 0 fully saturated rings. The Morgan fingerprint density at radius 1 is 0.207 bits per heavy atom. The molecule has 0 saturated carbocycles. The van der Waals surface area contributed by atoms with Crippen molar-refractivity contribution >= 4 is 99.6 Å². The van der Waals surface area contributed by atoms with Crippen LogP contribution in [0.5, 0.6) is 0 Å². The van der Waals surface area contributed by atoms with E-state index in [9.17, 15) is 4.79 Å². The van der Waals surface area contributed by atoms with E-state index >= 15 is 0 Å². The molecule has 0 aliphatic carbocycles. The third kappa shape index (κ3) is 9.13. The van der Waals surface area contributed by atoms with E-state index in [0.29, 0.717) is 5.56 Å². The van der Waals surface area contributed by atoms with Crippen LogP contribution >= 0.6 is 0 Å². The first-order chi connectivity index (χ1) is 45.5. The van der Waals surface area contributed by atoms with Crippen LogP contribution in [0.4, 0.5) is 0 Å². The molecule has 5 nitrogen and oxygen atoms in total. The van der Waals surface area contributed by atoms with Gasteiger partial charge in [0.1, 0.15) is 6.29 Å². The average Bonchev–Trinajstić information content (AvgIpc) is 1.64. The van der Waals surface area contributed by atoms with Crippen molar-refractivity contribution in [1.29, 1.82) is 0 Å². The molecular weight excluding hydrogens is 1120 g/mol. The van der Waals surface area contributed by atoms with E-state index in [-0.39, 0.29) is 0 Å². The maximum absolute atomic E-state index is 11.2. The summed E-state index contributed by atoms with van der Waals surface area (Å²) in [5.41, 5.74) is 25.4. The summed E-state index contributed by atoms with van der Waals surface area (Å²) in [6.07, 6.45) is 2.77. The normalized spacial score (nSPS) is 11.6. The van der Waals surface area contributed by atoms with Crippen molar-refractivity contribution in [2.75, 3.05) is 0 Å². The van der Waals surface area contributed by atoms with E-state index in [2.05, 4.69) is 328 Å². The van der Waals surface area contributed by atoms with Crippen LogP contribution in [0.15, 0.2) is 334 Å². The highest BCUT2D eigenvalue weighted by molar-refractivity contribution is 6.13. The first kappa shape index (κ1) is 53.9. The Kier molecular flexibility index (Phi) is 13.1. The van der Waals surface area contributed by atoms with Crippen LogP contribution in [0, 0.1) is 0 Å². The zero-order valence-corrected chi connectivity index (χ0v) is 50.2. The minimum absolute atomic E-state index is 0.681. The molecule has 0 atom stereocenters. The Morgan fingerprint density at radius 2 is 0.413 bits per heavy atom. The number of fused-ring (bicyclic) bond motifs is 12. The molecule has 0 spiro atoms. The molecule has 14 aromatic carbocycles. The van der Waals surface area contributed by atoms with E-state index in [1.54, 1.807) is 0 Å². The van der Waals surface area contributed by atoms with Gasteiger partial charge in [-0.2, -0.15) is 0 Å². The quantitative estimate of drug-likeness (QED) is 0.126. The van der Waals surface area contributed by atoms with E-state index in [0.717, 1.165) is 51.2 Å². The number of nitrogens with zero attached hydrogens (tertiary/aromatic N) is 4. The van der Waals surface area contributed by atoms with Crippen LogP contribution in [0.2, 0.25) is 0 Å². The lowest BCUT2D eigenvalue weighted by molar-refractivity contribution is 0.112. The van der Waals surface area contributed by atoms with Crippen LogP contribution in [0.25, 0.3) is 161 Å². The van der Waals surface area contributed by atoms with Crippen LogP contribution in [0.3, 0.4) is 0 Å². The third-order valence-electron chi connectivity index (χ3n) is 18.5. The number of carbonyl (C=O) groups is 1. The highest BCUT2D eigenvalue weighted by Crippen LogP contribution is 2.40. The number of benzene rings is 14. The molecule has 5 heteroatoms. The van der Waals surface area contributed by atoms with Gasteiger partial charge in [0.2, 0.25) is 0 Å². The van der Waals surface area contributed by atoms with E-state index in [1.165, 1.54) is 115 Å². The number of hydrogen-bond donors (Lipinski definition) is 0. The van der Waals surface area contributed by atoms with Crippen molar-refractivity contribution in [2.45, 2.75) is 0 Å². The maximum atomic E-state index is 11.2. The van der Waals surface area contributed by atoms with E-state index in [1.807, 2.05) is 30.3 Å². The lowest BCUT2D eigenvalue weighted by Crippen LogP contribution is -1.95. The van der Waals surface area contributed by atoms with Gasteiger partial charge >= 0.3 is 0 Å². The molecule has 0 radical (unpaired) electrons. The Bertz CT molecular complexity index is 5390. The predicted molar refractivity (Wildman–Crippen MR) is 387 cm³/mol. The fourth-order valence-corrected chi connectivity index (χ4v) is 14.0. The summed E-state index contributed by atoms with van der Waals surface area (Å²) < 4.78 is 9.46. The molecule has 0 saturated heterocycles. The molecule has 4 heterocycles. The van der Waals surface area contributed by atoms with Gasteiger partial charge in [-0.1, -0.05) is 243 Å². The zero-order chi connectivity index (χ0) is 61.2. The summed E-state index contributed by atoms with van der Waals surface area (Å²) >= 11 is 0. The summed E-state index contributed by atoms with van der Waals surface area (Å²) in [5.74, 6) is 0. The number of para-hydroxylation sites is 6. The Morgan fingerprint density at radius 3 is 0.674 bits per heavy atom. The van der Waals surface area contributed by atoms with Gasteiger partial charge < -0.3 is 18.3 Å². The lowest BCUT2D eigenvalue weighted by Gasteiger charge is -2.12. The van der Waals surface area contributed by atoms with Gasteiger partial charge in [0, 0.05) is 71.4 Å². The summed E-state index contributed by atoms with van der Waals surface area (Å²) in [4.78, 5) is 11.2. The Labute approximate surface area is 532 Å². The van der Waals surface area contributed by atoms with Gasteiger partial charge in [-0.25, -0.2) is 0 Å². The van der Waals surface area contributed by atoms with Gasteiger partial charge in [-0.05, 0) is 147 Å². The molecule has 0 aliphatic heterocycles.